The van der Waals surface area contributed by atoms with Crippen molar-refractivity contribution in [2.45, 2.75) is 31.8 Å². The number of hydrogen-bond acceptors (Lipinski definition) is 6. The average Bonchev–Trinajstić information content (AvgIpc) is 2.79. The standard InChI is InChI=1S/C24H23FN2O2.CO2/c25-22-19(18-13-21-24(27-14-18)26-11-12-28-21)9-10-20(17-7-4-8-17)23(22)29-15-16-5-2-1-3-6-16;2-1-3/h1-3,5-6,9-10,13-14,17H,4,7-8,11-12,15H2,(H,26,27);. The van der Waals surface area contributed by atoms with E-state index in [1.807, 2.05) is 48.5 Å². The first kappa shape index (κ1) is 21.5. The second-order valence-electron chi connectivity index (χ2n) is 7.68. The minimum Gasteiger partial charge on any atom is -0.488 e. The maximum absolute atomic E-state index is 15.7. The van der Waals surface area contributed by atoms with Crippen molar-refractivity contribution in [3.05, 3.63) is 71.7 Å². The van der Waals surface area contributed by atoms with E-state index in [2.05, 4.69) is 10.3 Å². The maximum atomic E-state index is 15.7. The van der Waals surface area contributed by atoms with Crippen LogP contribution in [0.15, 0.2) is 54.7 Å². The minimum atomic E-state index is -0.323. The molecule has 32 heavy (non-hydrogen) atoms. The molecule has 0 amide bonds. The van der Waals surface area contributed by atoms with Crippen molar-refractivity contribution in [3.63, 3.8) is 0 Å². The van der Waals surface area contributed by atoms with Gasteiger partial charge in [-0.2, -0.15) is 9.59 Å². The van der Waals surface area contributed by atoms with Gasteiger partial charge >= 0.3 is 6.15 Å². The van der Waals surface area contributed by atoms with E-state index in [9.17, 15) is 0 Å². The summed E-state index contributed by atoms with van der Waals surface area (Å²) in [4.78, 5) is 20.7. The summed E-state index contributed by atoms with van der Waals surface area (Å²) in [6.45, 7) is 1.64. The fourth-order valence-electron chi connectivity index (χ4n) is 3.88. The van der Waals surface area contributed by atoms with Gasteiger partial charge in [0.2, 0.25) is 0 Å². The number of hydrogen-bond donors (Lipinski definition) is 1. The van der Waals surface area contributed by atoms with Gasteiger partial charge in [-0.05, 0) is 30.4 Å². The first-order chi connectivity index (χ1) is 15.7. The number of nitrogens with one attached hydrogen (secondary N) is 1. The zero-order valence-corrected chi connectivity index (χ0v) is 17.5. The lowest BCUT2D eigenvalue weighted by Crippen LogP contribution is -2.19. The Morgan fingerprint density at radius 3 is 2.66 bits per heavy atom. The van der Waals surface area contributed by atoms with E-state index in [0.717, 1.165) is 30.5 Å². The number of carbonyl (C=O) groups excluding carboxylic acids is 2. The highest BCUT2D eigenvalue weighted by atomic mass is 19.1. The summed E-state index contributed by atoms with van der Waals surface area (Å²) in [5.41, 5.74) is 3.17. The molecule has 1 N–H and O–H groups in total. The number of nitrogens with zero attached hydrogens (tertiary/aromatic N) is 1. The number of fused-ring (bicyclic) bond motifs is 1. The van der Waals surface area contributed by atoms with Crippen LogP contribution in [0.1, 0.15) is 36.3 Å². The number of anilines is 1. The first-order valence-corrected chi connectivity index (χ1v) is 10.6. The molecule has 1 aromatic heterocycles. The van der Waals surface area contributed by atoms with Crippen LogP contribution >= 0.6 is 0 Å². The first-order valence-electron chi connectivity index (χ1n) is 10.6. The summed E-state index contributed by atoms with van der Waals surface area (Å²) in [6.07, 6.45) is 5.29. The monoisotopic (exact) mass is 434 g/mol. The second-order valence-corrected chi connectivity index (χ2v) is 7.68. The predicted octanol–water partition coefficient (Wildman–Crippen LogP) is 4.96. The summed E-state index contributed by atoms with van der Waals surface area (Å²) in [5, 5.41) is 3.19. The molecule has 2 heterocycles. The highest BCUT2D eigenvalue weighted by molar-refractivity contribution is 5.71. The van der Waals surface area contributed by atoms with Crippen LogP contribution in [0.2, 0.25) is 0 Å². The van der Waals surface area contributed by atoms with E-state index in [-0.39, 0.29) is 12.0 Å². The number of benzene rings is 2. The van der Waals surface area contributed by atoms with E-state index in [1.165, 1.54) is 6.42 Å². The zero-order chi connectivity index (χ0) is 22.3. The van der Waals surface area contributed by atoms with Gasteiger partial charge in [0, 0.05) is 22.9 Å². The molecule has 1 saturated carbocycles. The van der Waals surface area contributed by atoms with Crippen LogP contribution in [0.25, 0.3) is 11.1 Å². The average molecular weight is 434 g/mol. The maximum Gasteiger partial charge on any atom is 0.373 e. The van der Waals surface area contributed by atoms with E-state index in [1.54, 1.807) is 6.20 Å². The van der Waals surface area contributed by atoms with Gasteiger partial charge < -0.3 is 14.8 Å². The molecule has 0 radical (unpaired) electrons. The van der Waals surface area contributed by atoms with Gasteiger partial charge in [-0.15, -0.1) is 0 Å². The Morgan fingerprint density at radius 1 is 1.16 bits per heavy atom. The Bertz CT molecular complexity index is 1110. The third kappa shape index (κ3) is 4.63. The Morgan fingerprint density at radius 2 is 1.94 bits per heavy atom. The van der Waals surface area contributed by atoms with E-state index in [4.69, 9.17) is 19.1 Å². The molecule has 1 aliphatic heterocycles. The van der Waals surface area contributed by atoms with Crippen molar-refractivity contribution in [1.82, 2.24) is 4.98 Å². The SMILES string of the molecule is Fc1c(-c2cnc3c(c2)OCCN3)ccc(C2CCC2)c1OCc1ccccc1.O=C=O. The van der Waals surface area contributed by atoms with E-state index >= 15 is 4.39 Å². The molecule has 0 bridgehead atoms. The molecule has 0 atom stereocenters. The van der Waals surface area contributed by atoms with Crippen LogP contribution in [-0.2, 0) is 16.2 Å². The summed E-state index contributed by atoms with van der Waals surface area (Å²) in [5.74, 6) is 1.78. The lowest BCUT2D eigenvalue weighted by molar-refractivity contribution is -0.191. The van der Waals surface area contributed by atoms with Crippen molar-refractivity contribution in [2.75, 3.05) is 18.5 Å². The smallest absolute Gasteiger partial charge is 0.373 e. The third-order valence-corrected chi connectivity index (χ3v) is 5.71. The molecule has 0 unspecified atom stereocenters. The van der Waals surface area contributed by atoms with Crippen molar-refractivity contribution in [1.29, 1.82) is 0 Å². The van der Waals surface area contributed by atoms with Gasteiger partial charge in [0.1, 0.15) is 13.2 Å². The second kappa shape index (κ2) is 10.1. The summed E-state index contributed by atoms with van der Waals surface area (Å²) in [7, 11) is 0. The Balaban J connectivity index is 0.000000775. The Labute approximate surface area is 185 Å². The summed E-state index contributed by atoms with van der Waals surface area (Å²) >= 11 is 0. The fraction of sp³-hybridized carbons (Fsp3) is 0.280. The molecule has 0 saturated heterocycles. The van der Waals surface area contributed by atoms with E-state index in [0.29, 0.717) is 47.6 Å². The fourth-order valence-corrected chi connectivity index (χ4v) is 3.88. The topological polar surface area (TPSA) is 77.5 Å². The molecule has 2 aliphatic rings. The lowest BCUT2D eigenvalue weighted by atomic mass is 9.79. The van der Waals surface area contributed by atoms with Gasteiger partial charge in [-0.1, -0.05) is 48.9 Å². The van der Waals surface area contributed by atoms with Crippen molar-refractivity contribution < 1.29 is 23.5 Å². The van der Waals surface area contributed by atoms with Crippen LogP contribution in [0, 0.1) is 5.82 Å². The molecule has 1 fully saturated rings. The molecule has 7 heteroatoms. The molecular formula is C25H23FN2O4. The summed E-state index contributed by atoms with van der Waals surface area (Å²) < 4.78 is 27.4. The van der Waals surface area contributed by atoms with Crippen LogP contribution in [0.5, 0.6) is 11.5 Å². The Kier molecular flexibility index (Phi) is 6.78. The highest BCUT2D eigenvalue weighted by Gasteiger charge is 2.27. The molecule has 3 aromatic rings. The lowest BCUT2D eigenvalue weighted by Gasteiger charge is -2.28. The quantitative estimate of drug-likeness (QED) is 0.612. The zero-order valence-electron chi connectivity index (χ0n) is 17.5. The van der Waals surface area contributed by atoms with Crippen molar-refractivity contribution in [2.24, 2.45) is 0 Å². The van der Waals surface area contributed by atoms with Crippen LogP contribution in [0.4, 0.5) is 10.2 Å². The Hall–Kier alpha value is -3.70. The van der Waals surface area contributed by atoms with Gasteiger partial charge in [0.15, 0.2) is 23.1 Å². The van der Waals surface area contributed by atoms with Gasteiger partial charge in [-0.3, -0.25) is 0 Å². The molecule has 6 nitrogen and oxygen atoms in total. The number of aromatic nitrogens is 1. The highest BCUT2D eigenvalue weighted by Crippen LogP contribution is 2.44. The largest absolute Gasteiger partial charge is 0.488 e. The number of ether oxygens (including phenoxy) is 2. The number of halogens is 1. The molecule has 1 aliphatic carbocycles. The summed E-state index contributed by atoms with van der Waals surface area (Å²) in [6, 6.07) is 15.6. The van der Waals surface area contributed by atoms with E-state index < -0.39 is 0 Å². The van der Waals surface area contributed by atoms with Crippen LogP contribution in [0.3, 0.4) is 0 Å². The third-order valence-electron chi connectivity index (χ3n) is 5.71. The number of pyridine rings is 1. The minimum absolute atomic E-state index is 0.250. The molecular weight excluding hydrogens is 411 g/mol. The normalized spacial score (nSPS) is 14.4. The molecule has 0 spiro atoms. The van der Waals surface area contributed by atoms with Gasteiger partial charge in [-0.25, -0.2) is 9.37 Å². The molecule has 5 rings (SSSR count). The molecule has 2 aromatic carbocycles. The number of rotatable bonds is 5. The van der Waals surface area contributed by atoms with Gasteiger partial charge in [0.05, 0.1) is 6.54 Å². The molecule has 164 valence electrons. The van der Waals surface area contributed by atoms with Crippen LogP contribution in [-0.4, -0.2) is 24.3 Å². The van der Waals surface area contributed by atoms with Gasteiger partial charge in [0.25, 0.3) is 0 Å². The van der Waals surface area contributed by atoms with Crippen LogP contribution < -0.4 is 14.8 Å². The van der Waals surface area contributed by atoms with Crippen molar-refractivity contribution >= 4 is 12.0 Å². The predicted molar refractivity (Wildman–Crippen MR) is 116 cm³/mol. The van der Waals surface area contributed by atoms with Crippen molar-refractivity contribution in [3.8, 4) is 22.6 Å².